The van der Waals surface area contributed by atoms with E-state index >= 15 is 0 Å². The van der Waals surface area contributed by atoms with Gasteiger partial charge in [-0.15, -0.1) is 0 Å². The Hall–Kier alpha value is -2.66. The maximum atomic E-state index is 5.73. The summed E-state index contributed by atoms with van der Waals surface area (Å²) in [5, 5.41) is 4.09. The Morgan fingerprint density at radius 3 is 2.75 bits per heavy atom. The summed E-state index contributed by atoms with van der Waals surface area (Å²) in [5.74, 6) is 0.861. The highest BCUT2D eigenvalue weighted by molar-refractivity contribution is 7.80. The molecule has 1 aromatic carbocycles. The fourth-order valence-electron chi connectivity index (χ4n) is 3.16. The number of nitrogens with one attached hydrogen (secondary N) is 1. The Bertz CT molecular complexity index is 848. The van der Waals surface area contributed by atoms with Crippen LogP contribution in [0.4, 0.5) is 5.69 Å². The summed E-state index contributed by atoms with van der Waals surface area (Å²) in [6.07, 6.45) is 3.50. The summed E-state index contributed by atoms with van der Waals surface area (Å²) in [6.45, 7) is 2.08. The third-order valence-corrected chi connectivity index (χ3v) is 4.53. The lowest BCUT2D eigenvalue weighted by molar-refractivity contribution is 0.432. The van der Waals surface area contributed by atoms with Gasteiger partial charge in [0.1, 0.15) is 11.8 Å². The van der Waals surface area contributed by atoms with Crippen LogP contribution in [0, 0.1) is 6.92 Å². The van der Waals surface area contributed by atoms with Crippen LogP contribution in [0.25, 0.3) is 0 Å². The van der Waals surface area contributed by atoms with E-state index in [1.165, 1.54) is 5.56 Å². The molecular weight excluding hydrogens is 318 g/mol. The molecule has 0 spiro atoms. The van der Waals surface area contributed by atoms with Crippen LogP contribution in [0.2, 0.25) is 0 Å². The van der Waals surface area contributed by atoms with Crippen LogP contribution in [0.5, 0.6) is 0 Å². The van der Waals surface area contributed by atoms with Crippen LogP contribution in [-0.4, -0.2) is 10.1 Å². The highest BCUT2D eigenvalue weighted by Crippen LogP contribution is 2.41. The van der Waals surface area contributed by atoms with Crippen molar-refractivity contribution in [3.05, 3.63) is 84.1 Å². The Balaban J connectivity index is 1.82. The van der Waals surface area contributed by atoms with Crippen molar-refractivity contribution in [3.63, 3.8) is 0 Å². The summed E-state index contributed by atoms with van der Waals surface area (Å²) < 4.78 is 5.73. The van der Waals surface area contributed by atoms with Gasteiger partial charge in [-0.05, 0) is 61.1 Å². The van der Waals surface area contributed by atoms with Crippen molar-refractivity contribution in [2.24, 2.45) is 0 Å². The van der Waals surface area contributed by atoms with Crippen LogP contribution < -0.4 is 10.2 Å². The number of aromatic nitrogens is 1. The molecule has 4 rings (SSSR count). The molecule has 2 aromatic heterocycles. The lowest BCUT2D eigenvalue weighted by Gasteiger charge is -2.26. The standard InChI is InChI=1S/C19H17N3OS/c1-13-6-4-7-14(12-13)22-18(16-9-5-11-23-16)17(21-19(22)24)15-8-2-3-10-20-15/h2-12,17-18H,1H3,(H,21,24)/t17-,18+/m0/s1. The predicted molar refractivity (Wildman–Crippen MR) is 97.8 cm³/mol. The van der Waals surface area contributed by atoms with E-state index < -0.39 is 0 Å². The zero-order valence-corrected chi connectivity index (χ0v) is 14.0. The molecule has 3 heterocycles. The van der Waals surface area contributed by atoms with Crippen LogP contribution in [0.3, 0.4) is 0 Å². The fraction of sp³-hybridized carbons (Fsp3) is 0.158. The van der Waals surface area contributed by atoms with Crippen molar-refractivity contribution < 1.29 is 4.42 Å². The molecule has 1 fully saturated rings. The largest absolute Gasteiger partial charge is 0.467 e. The quantitative estimate of drug-likeness (QED) is 0.728. The minimum atomic E-state index is -0.0794. The number of benzene rings is 1. The van der Waals surface area contributed by atoms with E-state index in [9.17, 15) is 0 Å². The van der Waals surface area contributed by atoms with E-state index in [0.717, 1.165) is 17.1 Å². The summed E-state index contributed by atoms with van der Waals surface area (Å²) in [7, 11) is 0. The molecule has 5 heteroatoms. The molecule has 24 heavy (non-hydrogen) atoms. The number of pyridine rings is 1. The maximum absolute atomic E-state index is 5.73. The third kappa shape index (κ3) is 2.57. The number of hydrogen-bond acceptors (Lipinski definition) is 3. The molecule has 0 radical (unpaired) electrons. The SMILES string of the molecule is Cc1cccc(N2C(=S)N[C@@H](c3ccccn3)[C@H]2c2ccco2)c1. The van der Waals surface area contributed by atoms with Crippen LogP contribution >= 0.6 is 12.2 Å². The number of aryl methyl sites for hydroxylation is 1. The predicted octanol–water partition coefficient (Wildman–Crippen LogP) is 4.16. The lowest BCUT2D eigenvalue weighted by atomic mass is 10.0. The molecule has 1 aliphatic heterocycles. The normalized spacial score (nSPS) is 20.2. The average Bonchev–Trinajstić information content (AvgIpc) is 3.23. The highest BCUT2D eigenvalue weighted by Gasteiger charge is 2.42. The molecule has 1 saturated heterocycles. The Labute approximate surface area is 146 Å². The number of furan rings is 1. The van der Waals surface area contributed by atoms with Gasteiger partial charge in [-0.2, -0.15) is 0 Å². The van der Waals surface area contributed by atoms with Gasteiger partial charge in [0, 0.05) is 11.9 Å². The molecule has 120 valence electrons. The van der Waals surface area contributed by atoms with Gasteiger partial charge in [0.2, 0.25) is 0 Å². The van der Waals surface area contributed by atoms with Crippen molar-refractivity contribution in [2.75, 3.05) is 4.90 Å². The van der Waals surface area contributed by atoms with Gasteiger partial charge < -0.3 is 14.6 Å². The molecule has 0 saturated carbocycles. The van der Waals surface area contributed by atoms with Crippen molar-refractivity contribution in [1.29, 1.82) is 0 Å². The molecular formula is C19H17N3OS. The second-order valence-corrected chi connectivity index (χ2v) is 6.24. The van der Waals surface area contributed by atoms with Crippen molar-refractivity contribution in [1.82, 2.24) is 10.3 Å². The van der Waals surface area contributed by atoms with E-state index in [1.807, 2.05) is 36.4 Å². The van der Waals surface area contributed by atoms with Gasteiger partial charge in [0.05, 0.1) is 18.0 Å². The van der Waals surface area contributed by atoms with E-state index in [4.69, 9.17) is 16.6 Å². The monoisotopic (exact) mass is 335 g/mol. The van der Waals surface area contributed by atoms with Gasteiger partial charge in [-0.25, -0.2) is 0 Å². The average molecular weight is 335 g/mol. The van der Waals surface area contributed by atoms with Gasteiger partial charge in [0.15, 0.2) is 5.11 Å². The smallest absolute Gasteiger partial charge is 0.174 e. The number of hydrogen-bond donors (Lipinski definition) is 1. The second kappa shape index (κ2) is 6.09. The first-order valence-electron chi connectivity index (χ1n) is 7.85. The molecule has 3 aromatic rings. The first-order valence-corrected chi connectivity index (χ1v) is 8.25. The summed E-state index contributed by atoms with van der Waals surface area (Å²) in [5.41, 5.74) is 3.18. The van der Waals surface area contributed by atoms with Gasteiger partial charge in [-0.1, -0.05) is 18.2 Å². The van der Waals surface area contributed by atoms with Crippen molar-refractivity contribution >= 4 is 23.0 Å². The Morgan fingerprint density at radius 1 is 1.12 bits per heavy atom. The van der Waals surface area contributed by atoms with Crippen molar-refractivity contribution in [3.8, 4) is 0 Å². The molecule has 0 amide bonds. The molecule has 0 aliphatic carbocycles. The molecule has 1 aliphatic rings. The summed E-state index contributed by atoms with van der Waals surface area (Å²) in [6, 6.07) is 18.0. The van der Waals surface area contributed by atoms with Crippen LogP contribution in [0.15, 0.2) is 71.5 Å². The Kier molecular flexibility index (Phi) is 3.78. The molecule has 4 nitrogen and oxygen atoms in total. The van der Waals surface area contributed by atoms with Gasteiger partial charge >= 0.3 is 0 Å². The zero-order chi connectivity index (χ0) is 16.5. The van der Waals surface area contributed by atoms with Crippen LogP contribution in [-0.2, 0) is 0 Å². The van der Waals surface area contributed by atoms with Crippen molar-refractivity contribution in [2.45, 2.75) is 19.0 Å². The first-order chi connectivity index (χ1) is 11.7. The number of anilines is 1. The van der Waals surface area contributed by atoms with E-state index in [2.05, 4.69) is 40.3 Å². The van der Waals surface area contributed by atoms with E-state index in [1.54, 1.807) is 12.5 Å². The van der Waals surface area contributed by atoms with Gasteiger partial charge in [0.25, 0.3) is 0 Å². The Morgan fingerprint density at radius 2 is 2.04 bits per heavy atom. The topological polar surface area (TPSA) is 41.3 Å². The number of rotatable bonds is 3. The summed E-state index contributed by atoms with van der Waals surface area (Å²) in [4.78, 5) is 6.62. The molecule has 2 atom stereocenters. The minimum Gasteiger partial charge on any atom is -0.467 e. The second-order valence-electron chi connectivity index (χ2n) is 5.85. The molecule has 0 unspecified atom stereocenters. The third-order valence-electron chi connectivity index (χ3n) is 4.21. The number of nitrogens with zero attached hydrogens (tertiary/aromatic N) is 2. The molecule has 0 bridgehead atoms. The molecule has 1 N–H and O–H groups in total. The minimum absolute atomic E-state index is 0.0645. The van der Waals surface area contributed by atoms with Crippen LogP contribution in [0.1, 0.15) is 29.1 Å². The zero-order valence-electron chi connectivity index (χ0n) is 13.2. The van der Waals surface area contributed by atoms with E-state index in [-0.39, 0.29) is 12.1 Å². The maximum Gasteiger partial charge on any atom is 0.174 e. The van der Waals surface area contributed by atoms with Gasteiger partial charge in [-0.3, -0.25) is 4.98 Å². The first kappa shape index (κ1) is 14.9. The lowest BCUT2D eigenvalue weighted by Crippen LogP contribution is -2.29. The number of thiocarbonyl (C=S) groups is 1. The van der Waals surface area contributed by atoms with E-state index in [0.29, 0.717) is 5.11 Å². The highest BCUT2D eigenvalue weighted by atomic mass is 32.1. The summed E-state index contributed by atoms with van der Waals surface area (Å²) >= 11 is 5.64. The fourth-order valence-corrected chi connectivity index (χ4v) is 3.51.